The monoisotopic (exact) mass is 478 g/mol. The van der Waals surface area contributed by atoms with Crippen molar-refractivity contribution in [3.8, 4) is 12.1 Å². The number of anilines is 1. The van der Waals surface area contributed by atoms with Gasteiger partial charge in [0.05, 0.1) is 23.8 Å². The Morgan fingerprint density at radius 1 is 1.29 bits per heavy atom. The number of hydrogen-bond donors (Lipinski definition) is 2. The largest absolute Gasteiger partial charge is 0.391 e. The van der Waals surface area contributed by atoms with Gasteiger partial charge in [0, 0.05) is 20.1 Å². The predicted octanol–water partition coefficient (Wildman–Crippen LogP) is 1.74. The van der Waals surface area contributed by atoms with E-state index in [0.717, 1.165) is 11.8 Å². The van der Waals surface area contributed by atoms with E-state index in [2.05, 4.69) is 17.1 Å². The van der Waals surface area contributed by atoms with Gasteiger partial charge >= 0.3 is 0 Å². The molecule has 2 amide bonds. The van der Waals surface area contributed by atoms with Crippen molar-refractivity contribution in [2.24, 2.45) is 5.73 Å². The summed E-state index contributed by atoms with van der Waals surface area (Å²) in [4.78, 5) is 32.7. The minimum atomic E-state index is -0.788. The van der Waals surface area contributed by atoms with E-state index < -0.39 is 17.3 Å². The Bertz CT molecular complexity index is 1160. The second kappa shape index (κ2) is 11.0. The molecule has 0 saturated carbocycles. The molecule has 1 saturated heterocycles. The van der Waals surface area contributed by atoms with Crippen LogP contribution in [0.1, 0.15) is 40.8 Å². The fraction of sp³-hybridized carbons (Fsp3) is 0.375. The lowest BCUT2D eigenvalue weighted by atomic mass is 10.0. The lowest BCUT2D eigenvalue weighted by Crippen LogP contribution is -2.38. The van der Waals surface area contributed by atoms with Gasteiger partial charge < -0.3 is 20.6 Å². The molecule has 1 fully saturated rings. The molecule has 1 aromatic heterocycles. The van der Waals surface area contributed by atoms with Crippen molar-refractivity contribution >= 4 is 29.4 Å². The highest BCUT2D eigenvalue weighted by Gasteiger charge is 2.29. The number of β-amino-alcohol motifs (C(OH)–C–C–N with tert-alkyl or cyclic N) is 1. The standard InChI is InChI=1S/C24H26N6O3S/c1-3-17-18(11-25)23(29(2)14-20(32)30-10-9-16(31)13-30)28-24(19(17)12-26)34-21(22(27)33)15-7-5-4-6-8-15/h4-8,16,21,31H,3,9-10,13-14H2,1-2H3,(H2,27,33)/t16-,21?/m1/s1. The number of nitrogens with two attached hydrogens (primary N) is 1. The van der Waals surface area contributed by atoms with Gasteiger partial charge in [0.1, 0.15) is 28.2 Å². The third-order valence-corrected chi connectivity index (χ3v) is 6.92. The molecule has 3 rings (SSSR count). The van der Waals surface area contributed by atoms with E-state index >= 15 is 0 Å². The molecule has 1 aromatic carbocycles. The second-order valence-electron chi connectivity index (χ2n) is 8.00. The molecule has 0 aliphatic carbocycles. The SMILES string of the molecule is CCc1c(C#N)c(SC(C(N)=O)c2ccccc2)nc(N(C)CC(=O)N2CC[C@@H](O)C2)c1C#N. The van der Waals surface area contributed by atoms with E-state index in [1.165, 1.54) is 0 Å². The van der Waals surface area contributed by atoms with Crippen molar-refractivity contribution in [2.75, 3.05) is 31.6 Å². The van der Waals surface area contributed by atoms with Crippen LogP contribution in [0.4, 0.5) is 5.82 Å². The van der Waals surface area contributed by atoms with Crippen molar-refractivity contribution in [1.82, 2.24) is 9.88 Å². The first kappa shape index (κ1) is 25.0. The maximum Gasteiger partial charge on any atom is 0.242 e. The van der Waals surface area contributed by atoms with Crippen molar-refractivity contribution < 1.29 is 14.7 Å². The molecule has 2 heterocycles. The summed E-state index contributed by atoms with van der Waals surface area (Å²) < 4.78 is 0. The summed E-state index contributed by atoms with van der Waals surface area (Å²) in [6.45, 7) is 2.52. The van der Waals surface area contributed by atoms with Crippen LogP contribution in [-0.4, -0.2) is 59.6 Å². The molecule has 0 radical (unpaired) electrons. The minimum absolute atomic E-state index is 0.0501. The van der Waals surface area contributed by atoms with E-state index in [1.54, 1.807) is 41.1 Å². The molecular weight excluding hydrogens is 452 g/mol. The maximum atomic E-state index is 12.7. The zero-order valence-electron chi connectivity index (χ0n) is 19.1. The van der Waals surface area contributed by atoms with E-state index in [1.807, 2.05) is 13.0 Å². The van der Waals surface area contributed by atoms with Gasteiger partial charge in [-0.1, -0.05) is 49.0 Å². The van der Waals surface area contributed by atoms with E-state index in [-0.39, 0.29) is 41.0 Å². The van der Waals surface area contributed by atoms with Crippen LogP contribution < -0.4 is 10.6 Å². The van der Waals surface area contributed by atoms with Gasteiger partial charge in [0.25, 0.3) is 0 Å². The number of carbonyl (C=O) groups excluding carboxylic acids is 2. The molecule has 9 nitrogen and oxygen atoms in total. The number of amides is 2. The van der Waals surface area contributed by atoms with Gasteiger partial charge in [0.2, 0.25) is 11.8 Å². The Kier molecular flexibility index (Phi) is 8.11. The lowest BCUT2D eigenvalue weighted by Gasteiger charge is -2.25. The van der Waals surface area contributed by atoms with Gasteiger partial charge in [-0.2, -0.15) is 10.5 Å². The van der Waals surface area contributed by atoms with Crippen LogP contribution in [0.25, 0.3) is 0 Å². The average molecular weight is 479 g/mol. The number of thioether (sulfide) groups is 1. The summed E-state index contributed by atoms with van der Waals surface area (Å²) in [5.74, 6) is -0.521. The number of benzene rings is 1. The fourth-order valence-electron chi connectivity index (χ4n) is 3.92. The van der Waals surface area contributed by atoms with Crippen molar-refractivity contribution in [3.05, 3.63) is 52.6 Å². The summed E-state index contributed by atoms with van der Waals surface area (Å²) in [5.41, 5.74) is 7.29. The lowest BCUT2D eigenvalue weighted by molar-refractivity contribution is -0.129. The number of aliphatic hydroxyl groups excluding tert-OH is 1. The number of pyridine rings is 1. The minimum Gasteiger partial charge on any atom is -0.391 e. The molecule has 0 bridgehead atoms. The zero-order chi connectivity index (χ0) is 24.8. The molecule has 10 heteroatoms. The van der Waals surface area contributed by atoms with Crippen LogP contribution in [0.3, 0.4) is 0 Å². The number of likely N-dealkylation sites (tertiary alicyclic amines) is 1. The first-order valence-electron chi connectivity index (χ1n) is 10.9. The number of rotatable bonds is 8. The maximum absolute atomic E-state index is 12.7. The Balaban J connectivity index is 2.02. The second-order valence-corrected chi connectivity index (χ2v) is 9.09. The number of nitriles is 2. The first-order valence-corrected chi connectivity index (χ1v) is 11.7. The number of hydrogen-bond acceptors (Lipinski definition) is 8. The Hall–Kier alpha value is -3.60. The van der Waals surface area contributed by atoms with Gasteiger partial charge in [-0.3, -0.25) is 9.59 Å². The molecule has 176 valence electrons. The Morgan fingerprint density at radius 3 is 2.50 bits per heavy atom. The first-order chi connectivity index (χ1) is 16.3. The molecule has 2 atom stereocenters. The van der Waals surface area contributed by atoms with Gasteiger partial charge in [-0.05, 0) is 24.0 Å². The summed E-state index contributed by atoms with van der Waals surface area (Å²) in [5, 5.41) is 29.0. The molecule has 2 aromatic rings. The van der Waals surface area contributed by atoms with Crippen LogP contribution >= 0.6 is 11.8 Å². The molecule has 1 unspecified atom stereocenters. The summed E-state index contributed by atoms with van der Waals surface area (Å²) in [6, 6.07) is 13.2. The number of carbonyl (C=O) groups is 2. The molecule has 3 N–H and O–H groups in total. The quantitative estimate of drug-likeness (QED) is 0.545. The number of primary amides is 1. The summed E-state index contributed by atoms with van der Waals surface area (Å²) >= 11 is 1.05. The van der Waals surface area contributed by atoms with E-state index in [0.29, 0.717) is 30.5 Å². The summed E-state index contributed by atoms with van der Waals surface area (Å²) in [7, 11) is 1.65. The molecule has 0 spiro atoms. The normalized spacial score (nSPS) is 15.9. The zero-order valence-corrected chi connectivity index (χ0v) is 19.9. The van der Waals surface area contributed by atoms with Crippen LogP contribution in [0.2, 0.25) is 0 Å². The fourth-order valence-corrected chi connectivity index (χ4v) is 4.98. The van der Waals surface area contributed by atoms with E-state index in [4.69, 9.17) is 5.73 Å². The van der Waals surface area contributed by atoms with Gasteiger partial charge in [0.15, 0.2) is 0 Å². The summed E-state index contributed by atoms with van der Waals surface area (Å²) in [6.07, 6.45) is 0.389. The van der Waals surface area contributed by atoms with Crippen molar-refractivity contribution in [3.63, 3.8) is 0 Å². The molecule has 1 aliphatic rings. The van der Waals surface area contributed by atoms with Crippen LogP contribution in [0, 0.1) is 22.7 Å². The topological polar surface area (TPSA) is 147 Å². The molecular formula is C24H26N6O3S. The number of aliphatic hydroxyl groups is 1. The number of nitrogens with zero attached hydrogens (tertiary/aromatic N) is 5. The molecule has 34 heavy (non-hydrogen) atoms. The van der Waals surface area contributed by atoms with Crippen molar-refractivity contribution in [2.45, 2.75) is 36.1 Å². The highest BCUT2D eigenvalue weighted by molar-refractivity contribution is 8.00. The Morgan fingerprint density at radius 2 is 1.97 bits per heavy atom. The highest BCUT2D eigenvalue weighted by atomic mass is 32.2. The molecule has 1 aliphatic heterocycles. The highest BCUT2D eigenvalue weighted by Crippen LogP contribution is 2.39. The third-order valence-electron chi connectivity index (χ3n) is 5.67. The van der Waals surface area contributed by atoms with Gasteiger partial charge in [-0.15, -0.1) is 0 Å². The third kappa shape index (κ3) is 5.30. The van der Waals surface area contributed by atoms with E-state index in [9.17, 15) is 25.2 Å². The van der Waals surface area contributed by atoms with Crippen molar-refractivity contribution in [1.29, 1.82) is 10.5 Å². The Labute approximate surface area is 202 Å². The van der Waals surface area contributed by atoms with Gasteiger partial charge in [-0.25, -0.2) is 4.98 Å². The van der Waals surface area contributed by atoms with Crippen LogP contribution in [0.15, 0.2) is 35.4 Å². The van der Waals surface area contributed by atoms with Crippen LogP contribution in [-0.2, 0) is 16.0 Å². The van der Waals surface area contributed by atoms with Crippen LogP contribution in [0.5, 0.6) is 0 Å². The predicted molar refractivity (Wildman–Crippen MR) is 128 cm³/mol. The smallest absolute Gasteiger partial charge is 0.242 e. The number of aromatic nitrogens is 1. The number of likely N-dealkylation sites (N-methyl/N-ethyl adjacent to an activating group) is 1. The average Bonchev–Trinajstić information content (AvgIpc) is 3.28.